The van der Waals surface area contributed by atoms with Crippen LogP contribution in [0.4, 0.5) is 4.79 Å². The van der Waals surface area contributed by atoms with Crippen LogP contribution in [0.1, 0.15) is 26.3 Å². The van der Waals surface area contributed by atoms with E-state index in [4.69, 9.17) is 9.47 Å². The van der Waals surface area contributed by atoms with Crippen LogP contribution in [0, 0.1) is 0 Å². The van der Waals surface area contributed by atoms with E-state index >= 15 is 0 Å². The molecule has 0 unspecified atom stereocenters. The fraction of sp³-hybridized carbons (Fsp3) is 0.450. The average molecular weight is 390 g/mol. The SMILES string of the molecule is COC(=O)CN1C=CN(C(=O)OCc2ccccc2)[C@@H](COC(C)(C)C)C1=O. The second kappa shape index (κ2) is 9.36. The standard InChI is InChI=1S/C20H26N2O6/c1-20(2,3)28-14-16-18(24)21(12-17(23)26-4)10-11-22(16)19(25)27-13-15-8-6-5-7-9-15/h5-11,16H,12-14H2,1-4H3/t16-/m0/s1. The molecule has 152 valence electrons. The van der Waals surface area contributed by atoms with Gasteiger partial charge in [0.1, 0.15) is 19.2 Å². The Balaban J connectivity index is 2.13. The smallest absolute Gasteiger partial charge is 0.415 e. The van der Waals surface area contributed by atoms with E-state index in [9.17, 15) is 14.4 Å². The summed E-state index contributed by atoms with van der Waals surface area (Å²) in [6, 6.07) is 8.28. The molecule has 1 aromatic carbocycles. The molecule has 0 spiro atoms. The molecule has 8 nitrogen and oxygen atoms in total. The van der Waals surface area contributed by atoms with Crippen molar-refractivity contribution >= 4 is 18.0 Å². The second-order valence-electron chi connectivity index (χ2n) is 7.23. The van der Waals surface area contributed by atoms with Crippen LogP contribution in [-0.2, 0) is 30.4 Å². The summed E-state index contributed by atoms with van der Waals surface area (Å²) in [6.45, 7) is 5.34. The Morgan fingerprint density at radius 3 is 2.39 bits per heavy atom. The van der Waals surface area contributed by atoms with Crippen LogP contribution >= 0.6 is 0 Å². The first-order valence-electron chi connectivity index (χ1n) is 8.90. The summed E-state index contributed by atoms with van der Waals surface area (Å²) in [7, 11) is 1.24. The zero-order valence-corrected chi connectivity index (χ0v) is 16.6. The third-order valence-electron chi connectivity index (χ3n) is 3.93. The summed E-state index contributed by atoms with van der Waals surface area (Å²) >= 11 is 0. The van der Waals surface area contributed by atoms with Gasteiger partial charge in [-0.2, -0.15) is 0 Å². The Morgan fingerprint density at radius 2 is 1.79 bits per heavy atom. The van der Waals surface area contributed by atoms with Gasteiger partial charge in [0.2, 0.25) is 0 Å². The monoisotopic (exact) mass is 390 g/mol. The number of hydrogen-bond donors (Lipinski definition) is 0. The van der Waals surface area contributed by atoms with E-state index in [1.54, 1.807) is 0 Å². The van der Waals surface area contributed by atoms with Gasteiger partial charge in [-0.3, -0.25) is 14.5 Å². The van der Waals surface area contributed by atoms with Crippen molar-refractivity contribution in [3.8, 4) is 0 Å². The van der Waals surface area contributed by atoms with Crippen LogP contribution in [0.2, 0.25) is 0 Å². The first kappa shape index (κ1) is 21.4. The molecule has 0 bridgehead atoms. The number of benzene rings is 1. The molecule has 1 heterocycles. The second-order valence-corrected chi connectivity index (χ2v) is 7.23. The molecule has 0 aliphatic carbocycles. The number of esters is 1. The lowest BCUT2D eigenvalue weighted by atomic mass is 10.1. The van der Waals surface area contributed by atoms with Crippen molar-refractivity contribution in [2.45, 2.75) is 39.0 Å². The molecule has 1 aliphatic rings. The highest BCUT2D eigenvalue weighted by atomic mass is 16.6. The average Bonchev–Trinajstić information content (AvgIpc) is 2.66. The Bertz CT molecular complexity index is 726. The Kier molecular flexibility index (Phi) is 7.17. The molecule has 8 heteroatoms. The molecule has 0 radical (unpaired) electrons. The zero-order valence-electron chi connectivity index (χ0n) is 16.6. The summed E-state index contributed by atoms with van der Waals surface area (Å²) in [6.07, 6.45) is 2.10. The van der Waals surface area contributed by atoms with Crippen molar-refractivity contribution in [3.63, 3.8) is 0 Å². The van der Waals surface area contributed by atoms with Crippen molar-refractivity contribution in [2.24, 2.45) is 0 Å². The summed E-state index contributed by atoms with van der Waals surface area (Å²) < 4.78 is 15.7. The summed E-state index contributed by atoms with van der Waals surface area (Å²) in [5, 5.41) is 0. The van der Waals surface area contributed by atoms with E-state index in [1.807, 2.05) is 51.1 Å². The fourth-order valence-corrected chi connectivity index (χ4v) is 2.44. The lowest BCUT2D eigenvalue weighted by Gasteiger charge is -2.35. The van der Waals surface area contributed by atoms with Crippen LogP contribution in [0.25, 0.3) is 0 Å². The molecule has 1 atom stereocenters. The van der Waals surface area contributed by atoms with E-state index in [0.717, 1.165) is 5.56 Å². The highest BCUT2D eigenvalue weighted by Gasteiger charge is 2.37. The van der Waals surface area contributed by atoms with Gasteiger partial charge in [-0.05, 0) is 26.3 Å². The number of nitrogens with zero attached hydrogens (tertiary/aromatic N) is 2. The third-order valence-corrected chi connectivity index (χ3v) is 3.93. The minimum absolute atomic E-state index is 0.0369. The molecule has 28 heavy (non-hydrogen) atoms. The third kappa shape index (κ3) is 6.09. The first-order valence-corrected chi connectivity index (χ1v) is 8.90. The van der Waals surface area contributed by atoms with Gasteiger partial charge in [0.15, 0.2) is 0 Å². The van der Waals surface area contributed by atoms with E-state index < -0.39 is 29.6 Å². The number of hydrogen-bond acceptors (Lipinski definition) is 6. The number of ether oxygens (including phenoxy) is 3. The molecule has 1 aromatic rings. The maximum absolute atomic E-state index is 12.8. The van der Waals surface area contributed by atoms with Gasteiger partial charge in [-0.15, -0.1) is 0 Å². The van der Waals surface area contributed by atoms with Gasteiger partial charge in [-0.1, -0.05) is 30.3 Å². The van der Waals surface area contributed by atoms with Crippen LogP contribution in [-0.4, -0.2) is 59.7 Å². The van der Waals surface area contributed by atoms with Gasteiger partial charge < -0.3 is 19.1 Å². The predicted molar refractivity (Wildman–Crippen MR) is 101 cm³/mol. The van der Waals surface area contributed by atoms with Gasteiger partial charge in [0, 0.05) is 12.4 Å². The van der Waals surface area contributed by atoms with Crippen LogP contribution in [0.15, 0.2) is 42.7 Å². The fourth-order valence-electron chi connectivity index (χ4n) is 2.44. The number of rotatable bonds is 6. The molecule has 0 N–H and O–H groups in total. The highest BCUT2D eigenvalue weighted by molar-refractivity contribution is 5.90. The van der Waals surface area contributed by atoms with E-state index in [-0.39, 0.29) is 19.8 Å². The van der Waals surface area contributed by atoms with E-state index in [0.29, 0.717) is 0 Å². The number of amides is 2. The maximum atomic E-state index is 12.8. The van der Waals surface area contributed by atoms with Crippen molar-refractivity contribution in [2.75, 3.05) is 20.3 Å². The molecule has 0 saturated carbocycles. The van der Waals surface area contributed by atoms with Crippen molar-refractivity contribution in [1.82, 2.24) is 9.80 Å². The highest BCUT2D eigenvalue weighted by Crippen LogP contribution is 2.18. The first-order chi connectivity index (χ1) is 13.2. The molecule has 1 aliphatic heterocycles. The summed E-state index contributed by atoms with van der Waals surface area (Å²) in [5.41, 5.74) is 0.326. The molecular weight excluding hydrogens is 364 g/mol. The molecule has 0 aromatic heterocycles. The van der Waals surface area contributed by atoms with Crippen molar-refractivity contribution in [3.05, 3.63) is 48.3 Å². The predicted octanol–water partition coefficient (Wildman–Crippen LogP) is 2.30. The minimum Gasteiger partial charge on any atom is -0.468 e. The van der Waals surface area contributed by atoms with Crippen molar-refractivity contribution < 1.29 is 28.6 Å². The Labute approximate surface area is 164 Å². The van der Waals surface area contributed by atoms with Gasteiger partial charge in [0.05, 0.1) is 19.3 Å². The lowest BCUT2D eigenvalue weighted by molar-refractivity contribution is -0.149. The summed E-state index contributed by atoms with van der Waals surface area (Å²) in [4.78, 5) is 39.3. The lowest BCUT2D eigenvalue weighted by Crippen LogP contribution is -2.54. The number of carbonyl (C=O) groups excluding carboxylic acids is 3. The van der Waals surface area contributed by atoms with Crippen LogP contribution < -0.4 is 0 Å². The molecule has 2 rings (SSSR count). The topological polar surface area (TPSA) is 85.4 Å². The van der Waals surface area contributed by atoms with E-state index in [2.05, 4.69) is 4.74 Å². The Morgan fingerprint density at radius 1 is 1.11 bits per heavy atom. The number of methoxy groups -OCH3 is 1. The number of carbonyl (C=O) groups is 3. The minimum atomic E-state index is -0.947. The summed E-state index contributed by atoms with van der Waals surface area (Å²) in [5.74, 6) is -1.01. The van der Waals surface area contributed by atoms with E-state index in [1.165, 1.54) is 29.3 Å². The quantitative estimate of drug-likeness (QED) is 0.693. The van der Waals surface area contributed by atoms with Gasteiger partial charge in [0.25, 0.3) is 5.91 Å². The zero-order chi connectivity index (χ0) is 20.7. The van der Waals surface area contributed by atoms with Gasteiger partial charge >= 0.3 is 12.1 Å². The molecule has 0 saturated heterocycles. The molecular formula is C20H26N2O6. The Hall–Kier alpha value is -2.87. The van der Waals surface area contributed by atoms with Crippen molar-refractivity contribution in [1.29, 1.82) is 0 Å². The van der Waals surface area contributed by atoms with Gasteiger partial charge in [-0.25, -0.2) is 4.79 Å². The largest absolute Gasteiger partial charge is 0.468 e. The maximum Gasteiger partial charge on any atom is 0.415 e. The van der Waals surface area contributed by atoms with Crippen LogP contribution in [0.3, 0.4) is 0 Å². The molecule has 2 amide bonds. The van der Waals surface area contributed by atoms with Crippen LogP contribution in [0.5, 0.6) is 0 Å². The molecule has 0 fully saturated rings. The normalized spacial score (nSPS) is 16.9.